The zero-order valence-electron chi connectivity index (χ0n) is 12.8. The van der Waals surface area contributed by atoms with Gasteiger partial charge in [-0.05, 0) is 45.4 Å². The van der Waals surface area contributed by atoms with Gasteiger partial charge in [-0.2, -0.15) is 4.99 Å². The number of carbonyl (C=O) groups is 2. The second-order valence-corrected chi connectivity index (χ2v) is 5.90. The van der Waals surface area contributed by atoms with Crippen LogP contribution >= 0.6 is 0 Å². The van der Waals surface area contributed by atoms with Crippen molar-refractivity contribution in [3.05, 3.63) is 23.5 Å². The van der Waals surface area contributed by atoms with Crippen molar-refractivity contribution in [3.8, 4) is 5.75 Å². The average Bonchev–Trinajstić information content (AvgIpc) is 2.49. The highest BCUT2D eigenvalue weighted by molar-refractivity contribution is 6.45. The quantitative estimate of drug-likeness (QED) is 0.799. The lowest BCUT2D eigenvalue weighted by Crippen LogP contribution is -2.28. The van der Waals surface area contributed by atoms with E-state index in [1.165, 1.54) is 6.07 Å². The zero-order chi connectivity index (χ0) is 16.5. The van der Waals surface area contributed by atoms with Crippen molar-refractivity contribution in [2.75, 3.05) is 11.9 Å². The number of aryl methyl sites for hydroxylation is 1. The number of nitrogens with one attached hydrogen (secondary N) is 1. The molecule has 1 aliphatic heterocycles. The molecule has 0 radical (unpaired) electrons. The Balaban J connectivity index is 2.25. The summed E-state index contributed by atoms with van der Waals surface area (Å²) in [5.74, 6) is -1.12. The number of nitrogens with zero attached hydrogens (tertiary/aromatic N) is 1. The molecule has 1 aromatic carbocycles. The third-order valence-electron chi connectivity index (χ3n) is 2.68. The highest BCUT2D eigenvalue weighted by Crippen LogP contribution is 2.30. The van der Waals surface area contributed by atoms with E-state index in [-0.39, 0.29) is 23.8 Å². The molecule has 0 fully saturated rings. The molecule has 0 saturated carbocycles. The van der Waals surface area contributed by atoms with Gasteiger partial charge in [0.15, 0.2) is 11.5 Å². The fraction of sp³-hybridized carbons (Fsp3) is 0.400. The van der Waals surface area contributed by atoms with Crippen molar-refractivity contribution >= 4 is 23.4 Å². The van der Waals surface area contributed by atoms with Gasteiger partial charge in [0.05, 0.1) is 0 Å². The smallest absolute Gasteiger partial charge is 0.434 e. The van der Waals surface area contributed by atoms with Crippen molar-refractivity contribution in [2.45, 2.75) is 33.3 Å². The highest BCUT2D eigenvalue weighted by Gasteiger charge is 2.25. The molecule has 0 unspecified atom stereocenters. The Morgan fingerprint density at radius 1 is 1.41 bits per heavy atom. The van der Waals surface area contributed by atoms with Crippen LogP contribution in [0.1, 0.15) is 26.3 Å². The molecule has 118 valence electrons. The Labute approximate surface area is 127 Å². The van der Waals surface area contributed by atoms with E-state index in [1.807, 2.05) is 0 Å². The summed E-state index contributed by atoms with van der Waals surface area (Å²) in [4.78, 5) is 27.3. The predicted octanol–water partition coefficient (Wildman–Crippen LogP) is 2.84. The summed E-state index contributed by atoms with van der Waals surface area (Å²) in [5.41, 5.74) is -0.319. The molecule has 0 aliphatic carbocycles. The first-order valence-electron chi connectivity index (χ1n) is 6.70. The Morgan fingerprint density at radius 2 is 2.09 bits per heavy atom. The summed E-state index contributed by atoms with van der Waals surface area (Å²) in [5, 5.41) is 2.36. The third-order valence-corrected chi connectivity index (χ3v) is 2.68. The fourth-order valence-corrected chi connectivity index (χ4v) is 1.82. The standard InChI is InChI=1S/C15H17FN2O4/c1-8-5-9(16)12-11(6-8)21-7-10(13(19)18-12)17-14(20)22-15(2,3)4/h5-6H,7H2,1-4H3,(H,18,19)/b17-10+. The van der Waals surface area contributed by atoms with Crippen LogP contribution < -0.4 is 10.1 Å². The van der Waals surface area contributed by atoms with Gasteiger partial charge in [0, 0.05) is 0 Å². The minimum Gasteiger partial charge on any atom is -0.485 e. The Kier molecular flexibility index (Phi) is 4.16. The van der Waals surface area contributed by atoms with Crippen LogP contribution in [-0.2, 0) is 9.53 Å². The maximum atomic E-state index is 13.9. The molecule has 1 aromatic rings. The SMILES string of the molecule is Cc1cc(F)c2c(c1)OC/C(=N\C(=O)OC(C)(C)C)C(=O)N2. The molecule has 2 rings (SSSR count). The average molecular weight is 308 g/mol. The zero-order valence-corrected chi connectivity index (χ0v) is 12.8. The molecule has 22 heavy (non-hydrogen) atoms. The number of rotatable bonds is 0. The lowest BCUT2D eigenvalue weighted by atomic mass is 10.2. The maximum Gasteiger partial charge on any atom is 0.434 e. The van der Waals surface area contributed by atoms with E-state index in [1.54, 1.807) is 33.8 Å². The van der Waals surface area contributed by atoms with Crippen LogP contribution in [0.2, 0.25) is 0 Å². The third kappa shape index (κ3) is 3.81. The van der Waals surface area contributed by atoms with Gasteiger partial charge in [-0.25, -0.2) is 9.18 Å². The van der Waals surface area contributed by atoms with Crippen molar-refractivity contribution in [1.82, 2.24) is 0 Å². The predicted molar refractivity (Wildman–Crippen MR) is 78.9 cm³/mol. The van der Waals surface area contributed by atoms with E-state index in [2.05, 4.69) is 10.3 Å². The molecule has 0 aromatic heterocycles. The summed E-state index contributed by atoms with van der Waals surface area (Å²) >= 11 is 0. The number of ether oxygens (including phenoxy) is 2. The molecule has 6 nitrogen and oxygen atoms in total. The summed E-state index contributed by atoms with van der Waals surface area (Å²) in [6.45, 7) is 6.50. The second-order valence-electron chi connectivity index (χ2n) is 5.90. The van der Waals surface area contributed by atoms with Gasteiger partial charge in [-0.3, -0.25) is 4.79 Å². The van der Waals surface area contributed by atoms with E-state index in [0.29, 0.717) is 5.56 Å². The maximum absolute atomic E-state index is 13.9. The fourth-order valence-electron chi connectivity index (χ4n) is 1.82. The lowest BCUT2D eigenvalue weighted by molar-refractivity contribution is -0.110. The molecule has 0 saturated heterocycles. The molecule has 1 heterocycles. The molecule has 1 N–H and O–H groups in total. The molecule has 0 bridgehead atoms. The minimum atomic E-state index is -0.899. The number of carbonyl (C=O) groups excluding carboxylic acids is 2. The molecule has 0 spiro atoms. The number of benzene rings is 1. The van der Waals surface area contributed by atoms with Crippen molar-refractivity contribution in [1.29, 1.82) is 0 Å². The molecule has 2 amide bonds. The van der Waals surface area contributed by atoms with E-state index >= 15 is 0 Å². The molecular weight excluding hydrogens is 291 g/mol. The summed E-state index contributed by atoms with van der Waals surface area (Å²) < 4.78 is 24.2. The number of halogens is 1. The number of hydrogen-bond acceptors (Lipinski definition) is 4. The van der Waals surface area contributed by atoms with E-state index < -0.39 is 23.4 Å². The van der Waals surface area contributed by atoms with Crippen molar-refractivity contribution in [3.63, 3.8) is 0 Å². The van der Waals surface area contributed by atoms with Gasteiger partial charge < -0.3 is 14.8 Å². The van der Waals surface area contributed by atoms with E-state index in [0.717, 1.165) is 0 Å². The monoisotopic (exact) mass is 308 g/mol. The number of hydrogen-bond donors (Lipinski definition) is 1. The van der Waals surface area contributed by atoms with Crippen molar-refractivity contribution in [2.24, 2.45) is 4.99 Å². The lowest BCUT2D eigenvalue weighted by Gasteiger charge is -2.17. The Morgan fingerprint density at radius 3 is 2.73 bits per heavy atom. The van der Waals surface area contributed by atoms with Crippen LogP contribution in [0, 0.1) is 12.7 Å². The number of anilines is 1. The highest BCUT2D eigenvalue weighted by atomic mass is 19.1. The summed E-state index contributed by atoms with van der Waals surface area (Å²) in [6.07, 6.45) is -0.899. The number of fused-ring (bicyclic) bond motifs is 1. The Hall–Kier alpha value is -2.44. The Bertz CT molecular complexity index is 662. The topological polar surface area (TPSA) is 77.0 Å². The summed E-state index contributed by atoms with van der Waals surface area (Å²) in [7, 11) is 0. The molecule has 7 heteroatoms. The molecule has 0 atom stereocenters. The minimum absolute atomic E-state index is 0.0648. The van der Waals surface area contributed by atoms with Gasteiger partial charge in [-0.15, -0.1) is 0 Å². The molecule has 1 aliphatic rings. The van der Waals surface area contributed by atoms with Crippen LogP contribution in [0.25, 0.3) is 0 Å². The first-order valence-corrected chi connectivity index (χ1v) is 6.70. The van der Waals surface area contributed by atoms with Crippen LogP contribution in [-0.4, -0.2) is 29.9 Å². The van der Waals surface area contributed by atoms with Crippen LogP contribution in [0.3, 0.4) is 0 Å². The second kappa shape index (κ2) is 5.75. The van der Waals surface area contributed by atoms with Crippen molar-refractivity contribution < 1.29 is 23.5 Å². The normalized spacial score (nSPS) is 16.4. The van der Waals surface area contributed by atoms with Gasteiger partial charge in [-0.1, -0.05) is 0 Å². The van der Waals surface area contributed by atoms with E-state index in [4.69, 9.17) is 9.47 Å². The first kappa shape index (κ1) is 15.9. The van der Waals surface area contributed by atoms with Gasteiger partial charge in [0.2, 0.25) is 0 Å². The number of aliphatic imine (C=N–C) groups is 1. The van der Waals surface area contributed by atoms with Crippen LogP contribution in [0.15, 0.2) is 17.1 Å². The summed E-state index contributed by atoms with van der Waals surface area (Å²) in [6, 6.07) is 2.87. The van der Waals surface area contributed by atoms with Crippen LogP contribution in [0.5, 0.6) is 5.75 Å². The van der Waals surface area contributed by atoms with E-state index in [9.17, 15) is 14.0 Å². The van der Waals surface area contributed by atoms with Gasteiger partial charge in [0.25, 0.3) is 5.91 Å². The van der Waals surface area contributed by atoms with Gasteiger partial charge in [0.1, 0.15) is 23.6 Å². The molecular formula is C15H17FN2O4. The largest absolute Gasteiger partial charge is 0.485 e. The van der Waals surface area contributed by atoms with Gasteiger partial charge >= 0.3 is 6.09 Å². The van der Waals surface area contributed by atoms with Crippen LogP contribution in [0.4, 0.5) is 14.9 Å². The first-order chi connectivity index (χ1) is 10.2. The number of amides is 2.